The van der Waals surface area contributed by atoms with Crippen LogP contribution in [-0.2, 0) is 11.3 Å². The van der Waals surface area contributed by atoms with E-state index in [0.29, 0.717) is 6.54 Å². The van der Waals surface area contributed by atoms with Gasteiger partial charge in [-0.2, -0.15) is 0 Å². The van der Waals surface area contributed by atoms with Gasteiger partial charge in [0.2, 0.25) is 5.91 Å². The fourth-order valence-electron chi connectivity index (χ4n) is 2.95. The first-order valence-corrected chi connectivity index (χ1v) is 8.80. The molecule has 1 saturated carbocycles. The molecule has 1 atom stereocenters. The number of nitrogens with zero attached hydrogens (tertiary/aromatic N) is 1. The van der Waals surface area contributed by atoms with E-state index in [1.54, 1.807) is 12.4 Å². The summed E-state index contributed by atoms with van der Waals surface area (Å²) in [5.41, 5.74) is 0.931. The van der Waals surface area contributed by atoms with Crippen molar-refractivity contribution in [1.82, 2.24) is 20.9 Å². The SMILES string of the molecule is CC(C)[C@H](NC(=O)NC1CCCCC1)C(=O)NCc1cccnc1. The lowest BCUT2D eigenvalue weighted by molar-refractivity contribution is -0.124. The van der Waals surface area contributed by atoms with E-state index in [1.165, 1.54) is 6.42 Å². The molecule has 0 bridgehead atoms. The van der Waals surface area contributed by atoms with Crippen LogP contribution in [0.25, 0.3) is 0 Å². The third kappa shape index (κ3) is 5.83. The van der Waals surface area contributed by atoms with Crippen molar-refractivity contribution < 1.29 is 9.59 Å². The third-order valence-corrected chi connectivity index (χ3v) is 4.37. The van der Waals surface area contributed by atoms with Gasteiger partial charge in [-0.25, -0.2) is 4.79 Å². The average molecular weight is 332 g/mol. The van der Waals surface area contributed by atoms with E-state index in [4.69, 9.17) is 0 Å². The average Bonchev–Trinajstić information content (AvgIpc) is 2.59. The van der Waals surface area contributed by atoms with Crippen molar-refractivity contribution in [3.63, 3.8) is 0 Å². The van der Waals surface area contributed by atoms with Crippen LogP contribution in [0.4, 0.5) is 4.79 Å². The lowest BCUT2D eigenvalue weighted by Gasteiger charge is -2.26. The summed E-state index contributed by atoms with van der Waals surface area (Å²) in [4.78, 5) is 28.6. The molecule has 3 amide bonds. The Hall–Kier alpha value is -2.11. The topological polar surface area (TPSA) is 83.1 Å². The molecule has 0 radical (unpaired) electrons. The van der Waals surface area contributed by atoms with E-state index in [2.05, 4.69) is 20.9 Å². The van der Waals surface area contributed by atoms with E-state index in [9.17, 15) is 9.59 Å². The summed E-state index contributed by atoms with van der Waals surface area (Å²) in [6.45, 7) is 4.26. The summed E-state index contributed by atoms with van der Waals surface area (Å²) in [5.74, 6) is -0.163. The Morgan fingerprint density at radius 3 is 2.62 bits per heavy atom. The van der Waals surface area contributed by atoms with Crippen molar-refractivity contribution in [2.45, 2.75) is 64.6 Å². The number of carbonyl (C=O) groups excluding carboxylic acids is 2. The predicted octanol–water partition coefficient (Wildman–Crippen LogP) is 2.35. The lowest BCUT2D eigenvalue weighted by Crippen LogP contribution is -2.54. The zero-order valence-corrected chi connectivity index (χ0v) is 14.5. The highest BCUT2D eigenvalue weighted by Gasteiger charge is 2.25. The smallest absolute Gasteiger partial charge is 0.315 e. The Kier molecular flexibility index (Phi) is 7.03. The van der Waals surface area contributed by atoms with Crippen LogP contribution in [0.5, 0.6) is 0 Å². The summed E-state index contributed by atoms with van der Waals surface area (Å²) in [6, 6.07) is 3.16. The Morgan fingerprint density at radius 2 is 2.00 bits per heavy atom. The number of hydrogen-bond donors (Lipinski definition) is 3. The molecule has 0 aliphatic heterocycles. The summed E-state index contributed by atoms with van der Waals surface area (Å²) in [6.07, 6.45) is 9.01. The fourth-order valence-corrected chi connectivity index (χ4v) is 2.95. The minimum Gasteiger partial charge on any atom is -0.350 e. The molecular formula is C18H28N4O2. The molecule has 1 fully saturated rings. The maximum absolute atomic E-state index is 12.4. The normalized spacial score (nSPS) is 16.5. The molecule has 0 saturated heterocycles. The van der Waals surface area contributed by atoms with E-state index >= 15 is 0 Å². The Bertz CT molecular complexity index is 527. The minimum atomic E-state index is -0.551. The van der Waals surface area contributed by atoms with Crippen molar-refractivity contribution in [3.8, 4) is 0 Å². The molecule has 6 nitrogen and oxygen atoms in total. The first-order valence-electron chi connectivity index (χ1n) is 8.80. The van der Waals surface area contributed by atoms with Crippen molar-refractivity contribution in [2.75, 3.05) is 0 Å². The van der Waals surface area contributed by atoms with Gasteiger partial charge in [-0.3, -0.25) is 9.78 Å². The highest BCUT2D eigenvalue weighted by atomic mass is 16.2. The fraction of sp³-hybridized carbons (Fsp3) is 0.611. The molecule has 2 rings (SSSR count). The number of urea groups is 1. The lowest BCUT2D eigenvalue weighted by atomic mass is 9.96. The number of rotatable bonds is 6. The second kappa shape index (κ2) is 9.25. The van der Waals surface area contributed by atoms with Gasteiger partial charge < -0.3 is 16.0 Å². The molecule has 1 heterocycles. The van der Waals surface area contributed by atoms with E-state index in [0.717, 1.165) is 31.2 Å². The molecule has 0 unspecified atom stereocenters. The van der Waals surface area contributed by atoms with Gasteiger partial charge in [0.25, 0.3) is 0 Å². The molecule has 1 aliphatic carbocycles. The number of aromatic nitrogens is 1. The molecule has 6 heteroatoms. The van der Waals surface area contributed by atoms with Crippen molar-refractivity contribution in [1.29, 1.82) is 0 Å². The van der Waals surface area contributed by atoms with Crippen molar-refractivity contribution in [3.05, 3.63) is 30.1 Å². The van der Waals surface area contributed by atoms with Crippen molar-refractivity contribution in [2.24, 2.45) is 5.92 Å². The van der Waals surface area contributed by atoms with Gasteiger partial charge in [0.1, 0.15) is 6.04 Å². The highest BCUT2D eigenvalue weighted by Crippen LogP contribution is 2.17. The summed E-state index contributed by atoms with van der Waals surface area (Å²) in [5, 5.41) is 8.68. The van der Waals surface area contributed by atoms with Crippen LogP contribution in [0.15, 0.2) is 24.5 Å². The molecule has 1 aliphatic rings. The number of nitrogens with one attached hydrogen (secondary N) is 3. The predicted molar refractivity (Wildman–Crippen MR) is 93.3 cm³/mol. The maximum atomic E-state index is 12.4. The summed E-state index contributed by atoms with van der Waals surface area (Å²) < 4.78 is 0. The van der Waals surface area contributed by atoms with Gasteiger partial charge in [0, 0.05) is 25.0 Å². The van der Waals surface area contributed by atoms with Gasteiger partial charge in [-0.15, -0.1) is 0 Å². The van der Waals surface area contributed by atoms with Crippen LogP contribution in [0.2, 0.25) is 0 Å². The van der Waals surface area contributed by atoms with Crippen LogP contribution in [-0.4, -0.2) is 29.0 Å². The summed E-state index contributed by atoms with van der Waals surface area (Å²) in [7, 11) is 0. The highest BCUT2D eigenvalue weighted by molar-refractivity contribution is 5.87. The van der Waals surface area contributed by atoms with Crippen LogP contribution in [0.1, 0.15) is 51.5 Å². The Labute approximate surface area is 143 Å². The zero-order valence-electron chi connectivity index (χ0n) is 14.5. The molecule has 0 spiro atoms. The maximum Gasteiger partial charge on any atom is 0.315 e. The van der Waals surface area contributed by atoms with Gasteiger partial charge in [0.15, 0.2) is 0 Å². The molecule has 0 aromatic carbocycles. The van der Waals surface area contributed by atoms with Crippen molar-refractivity contribution >= 4 is 11.9 Å². The number of pyridine rings is 1. The quantitative estimate of drug-likeness (QED) is 0.748. The monoisotopic (exact) mass is 332 g/mol. The van der Waals surface area contributed by atoms with Crippen LogP contribution in [0, 0.1) is 5.92 Å². The van der Waals surface area contributed by atoms with Crippen LogP contribution >= 0.6 is 0 Å². The van der Waals surface area contributed by atoms with Crippen LogP contribution < -0.4 is 16.0 Å². The standard InChI is InChI=1S/C18H28N4O2/c1-13(2)16(17(23)20-12-14-7-6-10-19-11-14)22-18(24)21-15-8-4-3-5-9-15/h6-7,10-11,13,15-16H,3-5,8-9,12H2,1-2H3,(H,20,23)(H2,21,22,24)/t16-/m0/s1. The van der Waals surface area contributed by atoms with Crippen LogP contribution in [0.3, 0.4) is 0 Å². The number of carbonyl (C=O) groups is 2. The number of amides is 3. The summed E-state index contributed by atoms with van der Waals surface area (Å²) >= 11 is 0. The molecule has 1 aromatic heterocycles. The first-order chi connectivity index (χ1) is 11.6. The Morgan fingerprint density at radius 1 is 1.25 bits per heavy atom. The molecule has 3 N–H and O–H groups in total. The van der Waals surface area contributed by atoms with Gasteiger partial charge in [-0.05, 0) is 30.4 Å². The largest absolute Gasteiger partial charge is 0.350 e. The van der Waals surface area contributed by atoms with Gasteiger partial charge in [-0.1, -0.05) is 39.2 Å². The van der Waals surface area contributed by atoms with E-state index in [-0.39, 0.29) is 23.9 Å². The van der Waals surface area contributed by atoms with Gasteiger partial charge >= 0.3 is 6.03 Å². The molecule has 132 valence electrons. The van der Waals surface area contributed by atoms with E-state index < -0.39 is 6.04 Å². The first kappa shape index (κ1) is 18.2. The molecule has 1 aromatic rings. The Balaban J connectivity index is 1.83. The number of hydrogen-bond acceptors (Lipinski definition) is 3. The van der Waals surface area contributed by atoms with Gasteiger partial charge in [0.05, 0.1) is 0 Å². The molecule has 24 heavy (non-hydrogen) atoms. The minimum absolute atomic E-state index is 0.0102. The third-order valence-electron chi connectivity index (χ3n) is 4.37. The second-order valence-corrected chi connectivity index (χ2v) is 6.75. The van der Waals surface area contributed by atoms with E-state index in [1.807, 2.05) is 26.0 Å². The molecular weight excluding hydrogens is 304 g/mol. The zero-order chi connectivity index (χ0) is 17.4. The second-order valence-electron chi connectivity index (χ2n) is 6.75.